The summed E-state index contributed by atoms with van der Waals surface area (Å²) in [5.41, 5.74) is 4.57. The van der Waals surface area contributed by atoms with Crippen LogP contribution in [0.3, 0.4) is 0 Å². The van der Waals surface area contributed by atoms with Crippen molar-refractivity contribution in [2.45, 2.75) is 27.0 Å². The smallest absolute Gasteiger partial charge is 0.273 e. The first-order valence-electron chi connectivity index (χ1n) is 9.09. The van der Waals surface area contributed by atoms with Gasteiger partial charge in [0, 0.05) is 17.3 Å². The van der Waals surface area contributed by atoms with Gasteiger partial charge in [0.05, 0.1) is 6.54 Å². The minimum absolute atomic E-state index is 0.213. The number of benzene rings is 2. The summed E-state index contributed by atoms with van der Waals surface area (Å²) >= 11 is 0. The summed E-state index contributed by atoms with van der Waals surface area (Å²) in [6.07, 6.45) is 0. The van der Waals surface area contributed by atoms with Gasteiger partial charge in [-0.2, -0.15) is 0 Å². The summed E-state index contributed by atoms with van der Waals surface area (Å²) in [6, 6.07) is 17.5. The Morgan fingerprint density at radius 2 is 1.96 bits per heavy atom. The Balaban J connectivity index is 1.33. The molecule has 0 unspecified atom stereocenters. The largest absolute Gasteiger partial charge is 0.486 e. The number of rotatable bonds is 6. The number of amides is 1. The molecule has 0 atom stereocenters. The van der Waals surface area contributed by atoms with Crippen molar-refractivity contribution in [1.29, 1.82) is 0 Å². The Labute approximate surface area is 162 Å². The molecule has 6 heteroatoms. The lowest BCUT2D eigenvalue weighted by atomic mass is 10.1. The number of nitrogens with one attached hydrogen (secondary N) is 2. The number of H-pyrrole nitrogens is 1. The van der Waals surface area contributed by atoms with E-state index >= 15 is 0 Å². The molecule has 0 saturated carbocycles. The standard InChI is InChI=1S/C22H21N3O3/c1-14-7-8-18(9-15(14)2)27-13-19-11-21(25-28-19)22(26)23-12-17-10-16-5-3-4-6-20(16)24-17/h3-11,24H,12-13H2,1-2H3,(H,23,26). The van der Waals surface area contributed by atoms with Gasteiger partial charge in [-0.05, 0) is 54.6 Å². The number of ether oxygens (including phenoxy) is 1. The average molecular weight is 375 g/mol. The molecule has 0 aliphatic rings. The second kappa shape index (κ2) is 7.60. The molecule has 2 N–H and O–H groups in total. The van der Waals surface area contributed by atoms with Gasteiger partial charge in [0.25, 0.3) is 5.91 Å². The summed E-state index contributed by atoms with van der Waals surface area (Å²) in [5, 5.41) is 7.79. The third-order valence-electron chi connectivity index (χ3n) is 4.68. The Morgan fingerprint density at radius 1 is 1.11 bits per heavy atom. The third-order valence-corrected chi connectivity index (χ3v) is 4.68. The highest BCUT2D eigenvalue weighted by molar-refractivity contribution is 5.92. The van der Waals surface area contributed by atoms with Crippen molar-refractivity contribution in [3.05, 3.63) is 82.9 Å². The first-order valence-corrected chi connectivity index (χ1v) is 9.09. The predicted molar refractivity (Wildman–Crippen MR) is 106 cm³/mol. The quantitative estimate of drug-likeness (QED) is 0.527. The van der Waals surface area contributed by atoms with Crippen LogP contribution in [-0.2, 0) is 13.2 Å². The van der Waals surface area contributed by atoms with Gasteiger partial charge in [0.1, 0.15) is 12.4 Å². The molecule has 28 heavy (non-hydrogen) atoms. The fourth-order valence-electron chi connectivity index (χ4n) is 2.94. The van der Waals surface area contributed by atoms with E-state index in [2.05, 4.69) is 22.4 Å². The molecule has 142 valence electrons. The van der Waals surface area contributed by atoms with Crippen LogP contribution < -0.4 is 10.1 Å². The van der Waals surface area contributed by atoms with Crippen LogP contribution in [0.25, 0.3) is 10.9 Å². The van der Waals surface area contributed by atoms with Gasteiger partial charge in [-0.25, -0.2) is 0 Å². The molecule has 2 aromatic carbocycles. The van der Waals surface area contributed by atoms with E-state index < -0.39 is 0 Å². The Bertz CT molecular complexity index is 1090. The molecule has 6 nitrogen and oxygen atoms in total. The summed E-state index contributed by atoms with van der Waals surface area (Å²) < 4.78 is 10.9. The number of hydrogen-bond donors (Lipinski definition) is 2. The zero-order chi connectivity index (χ0) is 19.5. The van der Waals surface area contributed by atoms with Gasteiger partial charge in [-0.3, -0.25) is 4.79 Å². The van der Waals surface area contributed by atoms with Gasteiger partial charge in [-0.1, -0.05) is 29.4 Å². The maximum atomic E-state index is 12.3. The van der Waals surface area contributed by atoms with E-state index in [0.29, 0.717) is 12.3 Å². The van der Waals surface area contributed by atoms with Gasteiger partial charge in [0.15, 0.2) is 11.5 Å². The number of aromatic nitrogens is 2. The molecule has 2 aromatic heterocycles. The normalized spacial score (nSPS) is 10.9. The lowest BCUT2D eigenvalue weighted by molar-refractivity contribution is 0.0941. The molecule has 0 radical (unpaired) electrons. The number of carbonyl (C=O) groups is 1. The van der Waals surface area contributed by atoms with Crippen molar-refractivity contribution in [2.75, 3.05) is 0 Å². The summed E-state index contributed by atoms with van der Waals surface area (Å²) in [4.78, 5) is 15.6. The van der Waals surface area contributed by atoms with Gasteiger partial charge >= 0.3 is 0 Å². The molecular formula is C22H21N3O3. The van der Waals surface area contributed by atoms with Crippen LogP contribution >= 0.6 is 0 Å². The number of fused-ring (bicyclic) bond motifs is 1. The lowest BCUT2D eigenvalue weighted by Crippen LogP contribution is -2.23. The molecular weight excluding hydrogens is 354 g/mol. The highest BCUT2D eigenvalue weighted by atomic mass is 16.5. The maximum absolute atomic E-state index is 12.3. The first-order chi connectivity index (χ1) is 13.6. The Kier molecular flexibility index (Phi) is 4.85. The summed E-state index contributed by atoms with van der Waals surface area (Å²) in [5.74, 6) is 0.957. The zero-order valence-electron chi connectivity index (χ0n) is 15.8. The molecule has 0 aliphatic heterocycles. The van der Waals surface area contributed by atoms with E-state index in [1.165, 1.54) is 5.56 Å². The van der Waals surface area contributed by atoms with E-state index in [1.54, 1.807) is 6.07 Å². The van der Waals surface area contributed by atoms with Gasteiger partial charge in [0.2, 0.25) is 0 Å². The number of hydrogen-bond acceptors (Lipinski definition) is 4. The third kappa shape index (κ3) is 3.91. The van der Waals surface area contributed by atoms with Crippen molar-refractivity contribution in [3.63, 3.8) is 0 Å². The number of nitrogens with zero attached hydrogens (tertiary/aromatic N) is 1. The van der Waals surface area contributed by atoms with Crippen LogP contribution in [0.1, 0.15) is 33.1 Å². The van der Waals surface area contributed by atoms with E-state index in [1.807, 2.05) is 55.5 Å². The van der Waals surface area contributed by atoms with E-state index in [4.69, 9.17) is 9.26 Å². The van der Waals surface area contributed by atoms with Crippen molar-refractivity contribution in [3.8, 4) is 5.75 Å². The fourth-order valence-corrected chi connectivity index (χ4v) is 2.94. The van der Waals surface area contributed by atoms with Crippen LogP contribution in [0.5, 0.6) is 5.75 Å². The van der Waals surface area contributed by atoms with Crippen molar-refractivity contribution in [1.82, 2.24) is 15.5 Å². The van der Waals surface area contributed by atoms with Crippen molar-refractivity contribution >= 4 is 16.8 Å². The number of para-hydroxylation sites is 1. The Morgan fingerprint density at radius 3 is 2.79 bits per heavy atom. The van der Waals surface area contributed by atoms with Crippen LogP contribution in [0.2, 0.25) is 0 Å². The molecule has 0 fully saturated rings. The van der Waals surface area contributed by atoms with Gasteiger partial charge in [-0.15, -0.1) is 0 Å². The molecule has 0 aliphatic carbocycles. The van der Waals surface area contributed by atoms with E-state index in [0.717, 1.165) is 27.9 Å². The molecule has 0 spiro atoms. The van der Waals surface area contributed by atoms with Crippen molar-refractivity contribution < 1.29 is 14.1 Å². The molecule has 1 amide bonds. The van der Waals surface area contributed by atoms with E-state index in [-0.39, 0.29) is 18.2 Å². The summed E-state index contributed by atoms with van der Waals surface area (Å²) in [7, 11) is 0. The Hall–Kier alpha value is -3.54. The van der Waals surface area contributed by atoms with E-state index in [9.17, 15) is 4.79 Å². The lowest BCUT2D eigenvalue weighted by Gasteiger charge is -2.06. The molecule has 2 heterocycles. The molecule has 4 rings (SSSR count). The minimum atomic E-state index is -0.292. The maximum Gasteiger partial charge on any atom is 0.273 e. The average Bonchev–Trinajstić information content (AvgIpc) is 3.33. The monoisotopic (exact) mass is 375 g/mol. The van der Waals surface area contributed by atoms with Crippen molar-refractivity contribution in [2.24, 2.45) is 0 Å². The van der Waals surface area contributed by atoms with Gasteiger partial charge < -0.3 is 19.6 Å². The predicted octanol–water partition coefficient (Wildman–Crippen LogP) is 4.28. The second-order valence-corrected chi connectivity index (χ2v) is 6.78. The number of aromatic amines is 1. The van der Waals surface area contributed by atoms with Crippen LogP contribution in [0.15, 0.2) is 59.1 Å². The fraction of sp³-hybridized carbons (Fsp3) is 0.182. The topological polar surface area (TPSA) is 80.1 Å². The van der Waals surface area contributed by atoms with Crippen LogP contribution in [-0.4, -0.2) is 16.0 Å². The minimum Gasteiger partial charge on any atom is -0.486 e. The van der Waals surface area contributed by atoms with Crippen LogP contribution in [0, 0.1) is 13.8 Å². The number of carbonyl (C=O) groups excluding carboxylic acids is 1. The first kappa shape index (κ1) is 17.9. The highest BCUT2D eigenvalue weighted by Crippen LogP contribution is 2.18. The highest BCUT2D eigenvalue weighted by Gasteiger charge is 2.13. The summed E-state index contributed by atoms with van der Waals surface area (Å²) in [6.45, 7) is 4.68. The molecule has 4 aromatic rings. The molecule has 0 saturated heterocycles. The SMILES string of the molecule is Cc1ccc(OCc2cc(C(=O)NCc3cc4ccccc4[nH]3)no2)cc1C. The zero-order valence-corrected chi connectivity index (χ0v) is 15.8. The second-order valence-electron chi connectivity index (χ2n) is 6.78. The van der Waals surface area contributed by atoms with Crippen LogP contribution in [0.4, 0.5) is 0 Å². The number of aryl methyl sites for hydroxylation is 2. The molecule has 0 bridgehead atoms.